The van der Waals surface area contributed by atoms with Gasteiger partial charge in [-0.15, -0.1) is 0 Å². The van der Waals surface area contributed by atoms with Crippen molar-refractivity contribution in [1.29, 1.82) is 0 Å². The van der Waals surface area contributed by atoms with Crippen LogP contribution in [-0.4, -0.2) is 22.7 Å². The molecule has 1 N–H and O–H groups in total. The Bertz CT molecular complexity index is 1060. The topological polar surface area (TPSA) is 62.3 Å². The maximum Gasteiger partial charge on any atom is 0.257 e. The van der Waals surface area contributed by atoms with Crippen molar-refractivity contribution < 1.29 is 9.59 Å². The van der Waals surface area contributed by atoms with Gasteiger partial charge in [0, 0.05) is 29.2 Å². The number of nitrogens with zero attached hydrogens (tertiary/aromatic N) is 2. The Morgan fingerprint density at radius 3 is 2.68 bits per heavy atom. The number of fused-ring (bicyclic) bond motifs is 1. The molecule has 2 heterocycles. The highest BCUT2D eigenvalue weighted by molar-refractivity contribution is 6.05. The normalized spacial score (nSPS) is 15.2. The van der Waals surface area contributed by atoms with Crippen LogP contribution in [-0.2, 0) is 6.42 Å². The molecule has 5 nitrogen and oxygen atoms in total. The first-order chi connectivity index (χ1) is 13.5. The van der Waals surface area contributed by atoms with Crippen LogP contribution < -0.4 is 10.2 Å². The van der Waals surface area contributed by atoms with E-state index in [0.717, 1.165) is 17.8 Å². The molecule has 1 amide bonds. The maximum atomic E-state index is 12.7. The number of Topliss-reactive ketones (excluding diaryl/α,β-unsaturated/α-hetero) is 1. The van der Waals surface area contributed by atoms with Crippen LogP contribution in [0.3, 0.4) is 0 Å². The lowest BCUT2D eigenvalue weighted by molar-refractivity contribution is 0.101. The first-order valence-electron chi connectivity index (χ1n) is 9.27. The van der Waals surface area contributed by atoms with Gasteiger partial charge in [0.05, 0.1) is 17.4 Å². The number of hydrogen-bond acceptors (Lipinski definition) is 4. The fraction of sp³-hybridized carbons (Fsp3) is 0.174. The Hall–Kier alpha value is -3.47. The second-order valence-corrected chi connectivity index (χ2v) is 7.07. The minimum Gasteiger partial charge on any atom is -0.337 e. The van der Waals surface area contributed by atoms with Gasteiger partial charge in [-0.3, -0.25) is 14.6 Å². The Labute approximate surface area is 164 Å². The second-order valence-electron chi connectivity index (χ2n) is 7.07. The molecule has 0 saturated heterocycles. The molecule has 2 aromatic carbocycles. The lowest BCUT2D eigenvalue weighted by atomic mass is 10.1. The van der Waals surface area contributed by atoms with Crippen molar-refractivity contribution in [1.82, 2.24) is 4.98 Å². The molecule has 1 aromatic heterocycles. The van der Waals surface area contributed by atoms with Gasteiger partial charge < -0.3 is 10.2 Å². The molecule has 5 heteroatoms. The van der Waals surface area contributed by atoms with Gasteiger partial charge in [0.1, 0.15) is 0 Å². The van der Waals surface area contributed by atoms with Crippen LogP contribution in [0, 0.1) is 0 Å². The highest BCUT2D eigenvalue weighted by Gasteiger charge is 2.27. The summed E-state index contributed by atoms with van der Waals surface area (Å²) in [4.78, 5) is 30.8. The molecule has 140 valence electrons. The average Bonchev–Trinajstić information content (AvgIpc) is 3.04. The Morgan fingerprint density at radius 1 is 1.04 bits per heavy atom. The van der Waals surface area contributed by atoms with Gasteiger partial charge in [0.2, 0.25) is 0 Å². The van der Waals surface area contributed by atoms with Gasteiger partial charge in [-0.1, -0.05) is 30.3 Å². The van der Waals surface area contributed by atoms with Crippen LogP contribution in [0.15, 0.2) is 67.0 Å². The minimum atomic E-state index is -0.254. The van der Waals surface area contributed by atoms with Crippen LogP contribution in [0.2, 0.25) is 0 Å². The number of carbonyl (C=O) groups excluding carboxylic acids is 2. The Morgan fingerprint density at radius 2 is 1.86 bits per heavy atom. The molecule has 1 aliphatic heterocycles. The van der Waals surface area contributed by atoms with E-state index in [2.05, 4.69) is 34.3 Å². The number of para-hydroxylation sites is 1. The van der Waals surface area contributed by atoms with Crippen LogP contribution in [0.25, 0.3) is 0 Å². The summed E-state index contributed by atoms with van der Waals surface area (Å²) in [5, 5.41) is 2.85. The zero-order valence-electron chi connectivity index (χ0n) is 15.8. The number of carbonyl (C=O) groups is 2. The van der Waals surface area contributed by atoms with Crippen molar-refractivity contribution in [2.24, 2.45) is 0 Å². The quantitative estimate of drug-likeness (QED) is 0.680. The third-order valence-electron chi connectivity index (χ3n) is 5.00. The summed E-state index contributed by atoms with van der Waals surface area (Å²) in [5.41, 5.74) is 4.97. The number of amides is 1. The number of pyridine rings is 1. The summed E-state index contributed by atoms with van der Waals surface area (Å²) in [6.07, 6.45) is 4.30. The van der Waals surface area contributed by atoms with Crippen molar-refractivity contribution in [2.75, 3.05) is 10.2 Å². The first kappa shape index (κ1) is 17.9. The van der Waals surface area contributed by atoms with Crippen LogP contribution in [0.5, 0.6) is 0 Å². The maximum absolute atomic E-state index is 12.7. The molecule has 0 spiro atoms. The van der Waals surface area contributed by atoms with E-state index in [9.17, 15) is 9.59 Å². The van der Waals surface area contributed by atoms with Gasteiger partial charge in [0.25, 0.3) is 5.91 Å². The summed E-state index contributed by atoms with van der Waals surface area (Å²) in [7, 11) is 0. The number of benzene rings is 2. The second kappa shape index (κ2) is 7.27. The molecule has 0 fully saturated rings. The molecule has 0 bridgehead atoms. The number of rotatable bonds is 4. The SMILES string of the molecule is CC(=O)c1cccc(NC(=O)c2cncc(N3c4ccccc4CC3C)c2)c1. The molecular formula is C23H21N3O2. The van der Waals surface area contributed by atoms with Crippen LogP contribution >= 0.6 is 0 Å². The predicted octanol–water partition coefficient (Wildman–Crippen LogP) is 4.62. The van der Waals surface area contributed by atoms with Gasteiger partial charge in [-0.2, -0.15) is 0 Å². The van der Waals surface area contributed by atoms with E-state index in [1.54, 1.807) is 36.7 Å². The predicted molar refractivity (Wildman–Crippen MR) is 110 cm³/mol. The van der Waals surface area contributed by atoms with E-state index in [0.29, 0.717) is 22.9 Å². The largest absolute Gasteiger partial charge is 0.337 e. The smallest absolute Gasteiger partial charge is 0.257 e. The number of hydrogen-bond donors (Lipinski definition) is 1. The third kappa shape index (κ3) is 3.39. The summed E-state index contributed by atoms with van der Waals surface area (Å²) < 4.78 is 0. The zero-order chi connectivity index (χ0) is 19.7. The zero-order valence-corrected chi connectivity index (χ0v) is 15.8. The molecular weight excluding hydrogens is 350 g/mol. The lowest BCUT2D eigenvalue weighted by Crippen LogP contribution is -2.24. The fourth-order valence-electron chi connectivity index (χ4n) is 3.66. The van der Waals surface area contributed by atoms with Gasteiger partial charge in [-0.05, 0) is 50.1 Å². The number of nitrogens with one attached hydrogen (secondary N) is 1. The Kier molecular flexibility index (Phi) is 4.65. The van der Waals surface area contributed by atoms with Crippen LogP contribution in [0.4, 0.5) is 17.1 Å². The van der Waals surface area contributed by atoms with Crippen molar-refractivity contribution in [3.05, 3.63) is 83.7 Å². The van der Waals surface area contributed by atoms with Gasteiger partial charge in [-0.25, -0.2) is 0 Å². The third-order valence-corrected chi connectivity index (χ3v) is 5.00. The van der Waals surface area contributed by atoms with Crippen LogP contribution in [0.1, 0.15) is 40.1 Å². The van der Waals surface area contributed by atoms with Crippen molar-refractivity contribution in [3.8, 4) is 0 Å². The monoisotopic (exact) mass is 371 g/mol. The van der Waals surface area contributed by atoms with E-state index in [4.69, 9.17) is 0 Å². The van der Waals surface area contributed by atoms with Gasteiger partial charge >= 0.3 is 0 Å². The van der Waals surface area contributed by atoms with E-state index in [1.807, 2.05) is 18.2 Å². The number of ketones is 1. The van der Waals surface area contributed by atoms with Gasteiger partial charge in [0.15, 0.2) is 5.78 Å². The molecule has 0 radical (unpaired) electrons. The standard InChI is InChI=1S/C23H21N3O2/c1-15-10-18-6-3-4-9-22(18)26(15)21-12-19(13-24-14-21)23(28)25-20-8-5-7-17(11-20)16(2)27/h3-9,11-15H,10H2,1-2H3,(H,25,28). The highest BCUT2D eigenvalue weighted by Crippen LogP contribution is 2.37. The summed E-state index contributed by atoms with van der Waals surface area (Å²) >= 11 is 0. The minimum absolute atomic E-state index is 0.0403. The molecule has 0 saturated carbocycles. The van der Waals surface area contributed by atoms with Crippen molar-refractivity contribution >= 4 is 28.8 Å². The molecule has 0 aliphatic carbocycles. The molecule has 1 aliphatic rings. The molecule has 1 atom stereocenters. The van der Waals surface area contributed by atoms with E-state index >= 15 is 0 Å². The van der Waals surface area contributed by atoms with Crippen molar-refractivity contribution in [3.63, 3.8) is 0 Å². The van der Waals surface area contributed by atoms with E-state index in [1.165, 1.54) is 12.5 Å². The highest BCUT2D eigenvalue weighted by atomic mass is 16.1. The Balaban J connectivity index is 1.60. The molecule has 28 heavy (non-hydrogen) atoms. The lowest BCUT2D eigenvalue weighted by Gasteiger charge is -2.25. The summed E-state index contributed by atoms with van der Waals surface area (Å²) in [6, 6.07) is 17.4. The number of anilines is 3. The molecule has 1 unspecified atom stereocenters. The number of aromatic nitrogens is 1. The fourth-order valence-corrected chi connectivity index (χ4v) is 3.66. The summed E-state index contributed by atoms with van der Waals surface area (Å²) in [6.45, 7) is 3.67. The summed E-state index contributed by atoms with van der Waals surface area (Å²) in [5.74, 6) is -0.295. The molecule has 4 rings (SSSR count). The average molecular weight is 371 g/mol. The van der Waals surface area contributed by atoms with E-state index in [-0.39, 0.29) is 11.7 Å². The van der Waals surface area contributed by atoms with Crippen molar-refractivity contribution in [2.45, 2.75) is 26.3 Å². The molecule has 3 aromatic rings. The van der Waals surface area contributed by atoms with E-state index < -0.39 is 0 Å². The first-order valence-corrected chi connectivity index (χ1v) is 9.27.